The summed E-state index contributed by atoms with van der Waals surface area (Å²) in [5.41, 5.74) is 1.36. The third-order valence-corrected chi connectivity index (χ3v) is 1.27. The Labute approximate surface area is 52.7 Å². The Morgan fingerprint density at radius 1 is 1.88 bits per heavy atom. The van der Waals surface area contributed by atoms with Crippen molar-refractivity contribution >= 4 is 23.7 Å². The van der Waals surface area contributed by atoms with Crippen molar-refractivity contribution in [1.29, 1.82) is 0 Å². The number of hydrogen-bond acceptors (Lipinski definition) is 2. The van der Waals surface area contributed by atoms with E-state index < -0.39 is 0 Å². The van der Waals surface area contributed by atoms with Crippen LogP contribution in [0.15, 0.2) is 0 Å². The highest BCUT2D eigenvalue weighted by Crippen LogP contribution is 1.90. The van der Waals surface area contributed by atoms with Crippen molar-refractivity contribution in [3.63, 3.8) is 0 Å². The number of nitrogens with one attached hydrogen (secondary N) is 1. The van der Waals surface area contributed by atoms with Crippen LogP contribution in [0.4, 0.5) is 4.79 Å². The Bertz CT molecular complexity index is 125. The molecule has 1 heterocycles. The van der Waals surface area contributed by atoms with Gasteiger partial charge in [0.05, 0.1) is 5.49 Å². The molecular formula is C4H6N2OS. The number of thiocarbonyl (C=S) groups is 1. The van der Waals surface area contributed by atoms with E-state index >= 15 is 0 Å². The second kappa shape index (κ2) is 2.09. The number of urea groups is 1. The molecule has 0 aliphatic carbocycles. The summed E-state index contributed by atoms with van der Waals surface area (Å²) in [4.78, 5) is 12.0. The lowest BCUT2D eigenvalue weighted by Gasteiger charge is -2.01. The van der Waals surface area contributed by atoms with Crippen molar-refractivity contribution in [2.45, 2.75) is 0 Å². The third-order valence-electron chi connectivity index (χ3n) is 1.02. The zero-order valence-electron chi connectivity index (χ0n) is 4.26. The van der Waals surface area contributed by atoms with Crippen molar-refractivity contribution in [3.8, 4) is 0 Å². The lowest BCUT2D eigenvalue weighted by atomic mass is 10.7. The normalized spacial score (nSPS) is 18.5. The summed E-state index contributed by atoms with van der Waals surface area (Å²) < 4.78 is 0. The number of hydrogen-bond donors (Lipinski definition) is 1. The van der Waals surface area contributed by atoms with E-state index in [4.69, 9.17) is 0 Å². The van der Waals surface area contributed by atoms with Crippen LogP contribution in [-0.4, -0.2) is 29.5 Å². The quantitative estimate of drug-likeness (QED) is 0.505. The molecule has 0 radical (unpaired) electrons. The van der Waals surface area contributed by atoms with Gasteiger partial charge in [-0.3, -0.25) is 4.90 Å². The van der Waals surface area contributed by atoms with Gasteiger partial charge in [0.1, 0.15) is 0 Å². The Balaban J connectivity index is 2.54. The average Bonchev–Trinajstić information content (AvgIpc) is 2.14. The standard InChI is InChI=1S/C4H6N2OS/c7-4-5-1-2-6(4)3-8/h3H,1-2H2,(H,5,7). The van der Waals surface area contributed by atoms with Crippen molar-refractivity contribution in [2.75, 3.05) is 13.1 Å². The molecule has 3 nitrogen and oxygen atoms in total. The zero-order valence-corrected chi connectivity index (χ0v) is 5.07. The highest BCUT2D eigenvalue weighted by atomic mass is 32.1. The summed E-state index contributed by atoms with van der Waals surface area (Å²) in [6, 6.07) is -0.0833. The molecule has 0 aromatic carbocycles. The molecule has 0 aromatic heterocycles. The second-order valence-corrected chi connectivity index (χ2v) is 1.74. The minimum Gasteiger partial charge on any atom is -0.336 e. The molecule has 0 atom stereocenters. The average molecular weight is 130 g/mol. The molecule has 1 aliphatic rings. The Morgan fingerprint density at radius 2 is 2.62 bits per heavy atom. The highest BCUT2D eigenvalue weighted by molar-refractivity contribution is 7.78. The van der Waals surface area contributed by atoms with Crippen LogP contribution < -0.4 is 5.32 Å². The van der Waals surface area contributed by atoms with Crippen molar-refractivity contribution < 1.29 is 4.79 Å². The molecule has 1 aliphatic heterocycles. The minimum atomic E-state index is -0.0833. The zero-order chi connectivity index (χ0) is 5.98. The molecule has 1 fully saturated rings. The predicted molar refractivity (Wildman–Crippen MR) is 33.8 cm³/mol. The molecule has 0 saturated carbocycles. The van der Waals surface area contributed by atoms with Gasteiger partial charge in [-0.1, -0.05) is 12.2 Å². The van der Waals surface area contributed by atoms with Crippen LogP contribution in [0.3, 0.4) is 0 Å². The van der Waals surface area contributed by atoms with Crippen LogP contribution >= 0.6 is 12.2 Å². The first kappa shape index (κ1) is 5.50. The van der Waals surface area contributed by atoms with E-state index in [0.717, 1.165) is 0 Å². The number of carbonyl (C=O) groups is 1. The molecule has 0 bridgehead atoms. The molecule has 1 saturated heterocycles. The number of nitrogens with zero attached hydrogens (tertiary/aromatic N) is 1. The van der Waals surface area contributed by atoms with Crippen LogP contribution in [-0.2, 0) is 0 Å². The maximum Gasteiger partial charge on any atom is 0.322 e. The monoisotopic (exact) mass is 130 g/mol. The molecule has 1 N–H and O–H groups in total. The van der Waals surface area contributed by atoms with Gasteiger partial charge in [0, 0.05) is 13.1 Å². The van der Waals surface area contributed by atoms with Gasteiger partial charge < -0.3 is 5.32 Å². The van der Waals surface area contributed by atoms with Gasteiger partial charge in [0.2, 0.25) is 0 Å². The molecule has 8 heavy (non-hydrogen) atoms. The first-order valence-electron chi connectivity index (χ1n) is 2.34. The van der Waals surface area contributed by atoms with Gasteiger partial charge in [-0.25, -0.2) is 4.79 Å². The van der Waals surface area contributed by atoms with E-state index in [0.29, 0.717) is 13.1 Å². The maximum atomic E-state index is 10.5. The predicted octanol–water partition coefficient (Wildman–Crippen LogP) is -0.0312. The first-order chi connectivity index (χ1) is 3.84. The van der Waals surface area contributed by atoms with E-state index in [1.165, 1.54) is 10.4 Å². The fraction of sp³-hybridized carbons (Fsp3) is 0.500. The summed E-state index contributed by atoms with van der Waals surface area (Å²) in [5.74, 6) is 0. The molecule has 1 rings (SSSR count). The Kier molecular flexibility index (Phi) is 1.43. The van der Waals surface area contributed by atoms with Crippen molar-refractivity contribution in [1.82, 2.24) is 10.2 Å². The fourth-order valence-corrected chi connectivity index (χ4v) is 0.788. The van der Waals surface area contributed by atoms with Crippen LogP contribution in [0, 0.1) is 0 Å². The molecule has 44 valence electrons. The summed E-state index contributed by atoms with van der Waals surface area (Å²) >= 11 is 4.53. The summed E-state index contributed by atoms with van der Waals surface area (Å²) in [6.07, 6.45) is 0. The van der Waals surface area contributed by atoms with Crippen molar-refractivity contribution in [2.24, 2.45) is 0 Å². The van der Waals surface area contributed by atoms with Crippen LogP contribution in [0.25, 0.3) is 0 Å². The largest absolute Gasteiger partial charge is 0.336 e. The maximum absolute atomic E-state index is 10.5. The van der Waals surface area contributed by atoms with E-state index in [1.807, 2.05) is 0 Å². The van der Waals surface area contributed by atoms with Crippen LogP contribution in [0.1, 0.15) is 0 Å². The molecule has 4 heteroatoms. The van der Waals surface area contributed by atoms with E-state index in [-0.39, 0.29) is 6.03 Å². The van der Waals surface area contributed by atoms with E-state index in [2.05, 4.69) is 17.5 Å². The summed E-state index contributed by atoms with van der Waals surface area (Å²) in [6.45, 7) is 1.42. The lowest BCUT2D eigenvalue weighted by molar-refractivity contribution is 0.235. The SMILES string of the molecule is O=C1NCCN1C=S. The van der Waals surface area contributed by atoms with Gasteiger partial charge in [0.15, 0.2) is 0 Å². The summed E-state index contributed by atoms with van der Waals surface area (Å²) in [5, 5.41) is 2.61. The van der Waals surface area contributed by atoms with E-state index in [9.17, 15) is 4.79 Å². The molecule has 0 unspecified atom stereocenters. The van der Waals surface area contributed by atoms with Crippen LogP contribution in [0.5, 0.6) is 0 Å². The van der Waals surface area contributed by atoms with Gasteiger partial charge in [-0.2, -0.15) is 0 Å². The number of rotatable bonds is 1. The summed E-state index contributed by atoms with van der Waals surface area (Å²) in [7, 11) is 0. The van der Waals surface area contributed by atoms with Gasteiger partial charge >= 0.3 is 6.03 Å². The van der Waals surface area contributed by atoms with E-state index in [1.54, 1.807) is 0 Å². The van der Waals surface area contributed by atoms with Gasteiger partial charge in [0.25, 0.3) is 0 Å². The van der Waals surface area contributed by atoms with Crippen LogP contribution in [0.2, 0.25) is 0 Å². The number of carbonyl (C=O) groups excluding carboxylic acids is 1. The smallest absolute Gasteiger partial charge is 0.322 e. The Morgan fingerprint density at radius 3 is 2.88 bits per heavy atom. The van der Waals surface area contributed by atoms with Crippen molar-refractivity contribution in [3.05, 3.63) is 0 Å². The number of amides is 2. The van der Waals surface area contributed by atoms with Gasteiger partial charge in [-0.05, 0) is 0 Å². The highest BCUT2D eigenvalue weighted by Gasteiger charge is 2.15. The minimum absolute atomic E-state index is 0.0833. The first-order valence-corrected chi connectivity index (χ1v) is 2.81. The topological polar surface area (TPSA) is 32.3 Å². The Hall–Kier alpha value is -0.640. The third kappa shape index (κ3) is 0.790. The molecule has 0 spiro atoms. The van der Waals surface area contributed by atoms with Gasteiger partial charge in [-0.15, -0.1) is 0 Å². The lowest BCUT2D eigenvalue weighted by Crippen LogP contribution is -2.25. The molecular weight excluding hydrogens is 124 g/mol. The molecule has 0 aromatic rings. The second-order valence-electron chi connectivity index (χ2n) is 1.53. The fourth-order valence-electron chi connectivity index (χ4n) is 0.587. The molecule has 2 amide bonds.